The Morgan fingerprint density at radius 1 is 1.05 bits per heavy atom. The number of hydrogen-bond acceptors (Lipinski definition) is 4. The number of carbonyl (C=O) groups is 2. The molecule has 1 heterocycles. The van der Waals surface area contributed by atoms with Crippen molar-refractivity contribution in [1.82, 2.24) is 4.90 Å². The second kappa shape index (κ2) is 9.61. The minimum Gasteiger partial charge on any atom is -0.464 e. The highest BCUT2D eigenvalue weighted by Gasteiger charge is 2.34. The first kappa shape index (κ1) is 16.8. The summed E-state index contributed by atoms with van der Waals surface area (Å²) < 4.78 is 10.4. The summed E-state index contributed by atoms with van der Waals surface area (Å²) in [5, 5.41) is 0. The molecule has 1 rings (SSSR count). The monoisotopic (exact) mass is 285 g/mol. The molecule has 1 aliphatic heterocycles. The van der Waals surface area contributed by atoms with Crippen molar-refractivity contribution in [2.24, 2.45) is 0 Å². The van der Waals surface area contributed by atoms with Crippen LogP contribution in [0.2, 0.25) is 0 Å². The van der Waals surface area contributed by atoms with Gasteiger partial charge in [-0.1, -0.05) is 26.7 Å². The first-order valence-electron chi connectivity index (χ1n) is 7.80. The summed E-state index contributed by atoms with van der Waals surface area (Å²) in [4.78, 5) is 25.6. The molecule has 0 saturated carbocycles. The Morgan fingerprint density at radius 2 is 1.70 bits per heavy atom. The summed E-state index contributed by atoms with van der Waals surface area (Å²) in [5.74, 6) is -0.286. The topological polar surface area (TPSA) is 55.8 Å². The molecule has 0 aliphatic carbocycles. The van der Waals surface area contributed by atoms with Gasteiger partial charge in [0.25, 0.3) is 0 Å². The van der Waals surface area contributed by atoms with Crippen LogP contribution in [0, 0.1) is 0 Å². The summed E-state index contributed by atoms with van der Waals surface area (Å²) in [6.07, 6.45) is 5.85. The van der Waals surface area contributed by atoms with Crippen molar-refractivity contribution in [2.75, 3.05) is 19.8 Å². The fourth-order valence-corrected chi connectivity index (χ4v) is 2.20. The minimum atomic E-state index is -0.463. The predicted molar refractivity (Wildman–Crippen MR) is 76.5 cm³/mol. The maximum atomic E-state index is 12.0. The smallest absolute Gasteiger partial charge is 0.410 e. The minimum absolute atomic E-state index is 0.286. The van der Waals surface area contributed by atoms with Crippen molar-refractivity contribution in [3.63, 3.8) is 0 Å². The number of amides is 1. The van der Waals surface area contributed by atoms with Crippen molar-refractivity contribution in [3.05, 3.63) is 0 Å². The van der Waals surface area contributed by atoms with Gasteiger partial charge in [-0.25, -0.2) is 9.59 Å². The number of ether oxygens (including phenoxy) is 2. The Labute approximate surface area is 121 Å². The van der Waals surface area contributed by atoms with Gasteiger partial charge in [-0.3, -0.25) is 4.90 Å². The van der Waals surface area contributed by atoms with Crippen LogP contribution in [-0.4, -0.2) is 42.8 Å². The van der Waals surface area contributed by atoms with Crippen molar-refractivity contribution >= 4 is 12.1 Å². The Hall–Kier alpha value is -1.26. The van der Waals surface area contributed by atoms with Crippen molar-refractivity contribution in [1.29, 1.82) is 0 Å². The molecule has 1 atom stereocenters. The van der Waals surface area contributed by atoms with Crippen LogP contribution in [0.25, 0.3) is 0 Å². The molecule has 0 radical (unpaired) electrons. The molecule has 5 nitrogen and oxygen atoms in total. The molecule has 0 aromatic carbocycles. The summed E-state index contributed by atoms with van der Waals surface area (Å²) in [6.45, 7) is 5.53. The van der Waals surface area contributed by atoms with Crippen LogP contribution in [0.4, 0.5) is 4.79 Å². The fourth-order valence-electron chi connectivity index (χ4n) is 2.20. The zero-order chi connectivity index (χ0) is 14.8. The van der Waals surface area contributed by atoms with Crippen LogP contribution in [-0.2, 0) is 14.3 Å². The van der Waals surface area contributed by atoms with E-state index in [-0.39, 0.29) is 12.1 Å². The highest BCUT2D eigenvalue weighted by Crippen LogP contribution is 2.19. The molecule has 1 saturated heterocycles. The van der Waals surface area contributed by atoms with Gasteiger partial charge in [-0.2, -0.15) is 0 Å². The van der Waals surface area contributed by atoms with Gasteiger partial charge < -0.3 is 9.47 Å². The van der Waals surface area contributed by atoms with Gasteiger partial charge in [0.2, 0.25) is 0 Å². The number of esters is 1. The average Bonchev–Trinajstić information content (AvgIpc) is 2.47. The summed E-state index contributed by atoms with van der Waals surface area (Å²) in [5.41, 5.74) is 0. The highest BCUT2D eigenvalue weighted by molar-refractivity contribution is 5.81. The van der Waals surface area contributed by atoms with Gasteiger partial charge in [-0.15, -0.1) is 0 Å². The number of hydrogen-bond donors (Lipinski definition) is 0. The van der Waals surface area contributed by atoms with Gasteiger partial charge in [-0.05, 0) is 32.1 Å². The standard InChI is InChI=1S/C15H27NO4/c1-3-5-11-19-14(17)13-9-7-8-10-16(13)15(18)20-12-6-4-2/h13H,3-12H2,1-2H3. The molecular formula is C15H27NO4. The van der Waals surface area contributed by atoms with Crippen LogP contribution in [0.1, 0.15) is 58.8 Å². The summed E-state index contributed by atoms with van der Waals surface area (Å²) in [6, 6.07) is -0.463. The van der Waals surface area contributed by atoms with E-state index in [2.05, 4.69) is 0 Å². The molecule has 116 valence electrons. The average molecular weight is 285 g/mol. The van der Waals surface area contributed by atoms with E-state index in [0.717, 1.165) is 38.5 Å². The van der Waals surface area contributed by atoms with E-state index in [1.165, 1.54) is 4.90 Å². The number of nitrogens with zero attached hydrogens (tertiary/aromatic N) is 1. The largest absolute Gasteiger partial charge is 0.464 e. The van der Waals surface area contributed by atoms with E-state index >= 15 is 0 Å². The molecule has 1 fully saturated rings. The van der Waals surface area contributed by atoms with E-state index in [4.69, 9.17) is 9.47 Å². The van der Waals surface area contributed by atoms with Gasteiger partial charge in [0.1, 0.15) is 6.04 Å². The lowest BCUT2D eigenvalue weighted by Crippen LogP contribution is -2.49. The quantitative estimate of drug-likeness (QED) is 0.532. The zero-order valence-electron chi connectivity index (χ0n) is 12.7. The molecule has 5 heteroatoms. The number of likely N-dealkylation sites (tertiary alicyclic amines) is 1. The molecule has 0 bridgehead atoms. The molecule has 1 aliphatic rings. The van der Waals surface area contributed by atoms with E-state index in [0.29, 0.717) is 26.2 Å². The van der Waals surface area contributed by atoms with Gasteiger partial charge in [0.05, 0.1) is 13.2 Å². The van der Waals surface area contributed by atoms with Crippen LogP contribution < -0.4 is 0 Å². The van der Waals surface area contributed by atoms with Crippen LogP contribution >= 0.6 is 0 Å². The van der Waals surface area contributed by atoms with Gasteiger partial charge in [0.15, 0.2) is 0 Å². The molecule has 0 spiro atoms. The number of piperidine rings is 1. The molecule has 1 amide bonds. The first-order valence-corrected chi connectivity index (χ1v) is 7.80. The Kier molecular flexibility index (Phi) is 8.07. The van der Waals surface area contributed by atoms with Crippen LogP contribution in [0.3, 0.4) is 0 Å². The van der Waals surface area contributed by atoms with Gasteiger partial charge in [0, 0.05) is 6.54 Å². The number of carbonyl (C=O) groups excluding carboxylic acids is 2. The van der Waals surface area contributed by atoms with Crippen molar-refractivity contribution in [3.8, 4) is 0 Å². The van der Waals surface area contributed by atoms with Crippen molar-refractivity contribution < 1.29 is 19.1 Å². The molecule has 1 unspecified atom stereocenters. The third-order valence-electron chi connectivity index (χ3n) is 3.48. The van der Waals surface area contributed by atoms with Crippen LogP contribution in [0.5, 0.6) is 0 Å². The highest BCUT2D eigenvalue weighted by atomic mass is 16.6. The van der Waals surface area contributed by atoms with E-state index in [9.17, 15) is 9.59 Å². The first-order chi connectivity index (χ1) is 9.70. The maximum absolute atomic E-state index is 12.0. The Morgan fingerprint density at radius 3 is 2.35 bits per heavy atom. The Balaban J connectivity index is 2.48. The molecular weight excluding hydrogens is 258 g/mol. The number of unbranched alkanes of at least 4 members (excludes halogenated alkanes) is 2. The SMILES string of the molecule is CCCCOC(=O)C1CCCCN1C(=O)OCCCC. The van der Waals surface area contributed by atoms with E-state index in [1.807, 2.05) is 13.8 Å². The molecule has 0 aromatic rings. The van der Waals surface area contributed by atoms with E-state index in [1.54, 1.807) is 0 Å². The molecule has 0 aromatic heterocycles. The number of rotatable bonds is 7. The third-order valence-corrected chi connectivity index (χ3v) is 3.48. The second-order valence-electron chi connectivity index (χ2n) is 5.19. The second-order valence-corrected chi connectivity index (χ2v) is 5.19. The van der Waals surface area contributed by atoms with E-state index < -0.39 is 6.04 Å². The fraction of sp³-hybridized carbons (Fsp3) is 0.867. The predicted octanol–water partition coefficient (Wildman–Crippen LogP) is 3.12. The van der Waals surface area contributed by atoms with Gasteiger partial charge >= 0.3 is 12.1 Å². The lowest BCUT2D eigenvalue weighted by atomic mass is 10.0. The molecule has 20 heavy (non-hydrogen) atoms. The zero-order valence-corrected chi connectivity index (χ0v) is 12.7. The Bertz CT molecular complexity index is 276. The lowest BCUT2D eigenvalue weighted by Gasteiger charge is -2.33. The summed E-state index contributed by atoms with van der Waals surface area (Å²) >= 11 is 0. The molecule has 0 N–H and O–H groups in total. The lowest BCUT2D eigenvalue weighted by molar-refractivity contribution is -0.150. The third kappa shape index (κ3) is 5.39. The summed E-state index contributed by atoms with van der Waals surface area (Å²) in [7, 11) is 0. The maximum Gasteiger partial charge on any atom is 0.410 e. The van der Waals surface area contributed by atoms with Crippen molar-refractivity contribution in [2.45, 2.75) is 64.8 Å². The van der Waals surface area contributed by atoms with Crippen LogP contribution in [0.15, 0.2) is 0 Å². The normalized spacial score (nSPS) is 18.7.